The highest BCUT2D eigenvalue weighted by Crippen LogP contribution is 2.29. The molecular formula is C20H24NO. The maximum Gasteiger partial charge on any atom is 0.0589 e. The molecule has 0 amide bonds. The zero-order valence-corrected chi connectivity index (χ0v) is 13.3. The molecule has 22 heavy (non-hydrogen) atoms. The van der Waals surface area contributed by atoms with Crippen LogP contribution in [-0.4, -0.2) is 38.3 Å². The molecule has 0 unspecified atom stereocenters. The quantitative estimate of drug-likeness (QED) is 0.827. The van der Waals surface area contributed by atoms with Gasteiger partial charge in [-0.05, 0) is 60.7 Å². The van der Waals surface area contributed by atoms with Crippen LogP contribution in [0, 0.1) is 6.07 Å². The van der Waals surface area contributed by atoms with Crippen LogP contribution in [0.4, 0.5) is 0 Å². The molecule has 1 radical (unpaired) electrons. The molecule has 0 N–H and O–H groups in total. The zero-order valence-electron chi connectivity index (χ0n) is 13.3. The summed E-state index contributed by atoms with van der Waals surface area (Å²) in [5, 5.41) is 0. The molecule has 0 spiro atoms. The number of nitrogens with zero attached hydrogens (tertiary/aromatic N) is 1. The number of rotatable bonds is 5. The lowest BCUT2D eigenvalue weighted by molar-refractivity contribution is 0.130. The molecule has 0 aromatic heterocycles. The lowest BCUT2D eigenvalue weighted by Gasteiger charge is -2.32. The van der Waals surface area contributed by atoms with Gasteiger partial charge in [0.1, 0.15) is 0 Å². The van der Waals surface area contributed by atoms with Crippen LogP contribution in [0.25, 0.3) is 11.1 Å². The fourth-order valence-electron chi connectivity index (χ4n) is 3.23. The maximum absolute atomic E-state index is 5.17. The Balaban J connectivity index is 1.60. The van der Waals surface area contributed by atoms with Gasteiger partial charge in [0.05, 0.1) is 6.61 Å². The van der Waals surface area contributed by atoms with E-state index in [1.807, 2.05) is 18.2 Å². The van der Waals surface area contributed by atoms with Gasteiger partial charge < -0.3 is 9.64 Å². The van der Waals surface area contributed by atoms with Gasteiger partial charge in [0.25, 0.3) is 0 Å². The molecule has 0 saturated carbocycles. The summed E-state index contributed by atoms with van der Waals surface area (Å²) >= 11 is 0. The van der Waals surface area contributed by atoms with Crippen molar-refractivity contribution in [3.63, 3.8) is 0 Å². The number of hydrogen-bond donors (Lipinski definition) is 0. The SMILES string of the molecule is COCCN1CCC(c2ccc(-c3c[c]ccc3)cc2)CC1. The van der Waals surface area contributed by atoms with Gasteiger partial charge in [-0.25, -0.2) is 0 Å². The molecular weight excluding hydrogens is 270 g/mol. The van der Waals surface area contributed by atoms with E-state index in [0.29, 0.717) is 5.92 Å². The Morgan fingerprint density at radius 1 is 1.09 bits per heavy atom. The number of hydrogen-bond acceptors (Lipinski definition) is 2. The third-order valence-electron chi connectivity index (χ3n) is 4.62. The Morgan fingerprint density at radius 2 is 1.86 bits per heavy atom. The molecule has 0 atom stereocenters. The average Bonchev–Trinajstić information content (AvgIpc) is 2.61. The lowest BCUT2D eigenvalue weighted by atomic mass is 9.88. The number of methoxy groups -OCH3 is 1. The first-order valence-corrected chi connectivity index (χ1v) is 8.14. The van der Waals surface area contributed by atoms with E-state index in [-0.39, 0.29) is 0 Å². The zero-order chi connectivity index (χ0) is 15.2. The van der Waals surface area contributed by atoms with Crippen molar-refractivity contribution in [2.45, 2.75) is 18.8 Å². The third kappa shape index (κ3) is 3.76. The second-order valence-electron chi connectivity index (χ2n) is 6.02. The molecule has 1 aliphatic rings. The van der Waals surface area contributed by atoms with E-state index in [2.05, 4.69) is 41.3 Å². The minimum Gasteiger partial charge on any atom is -0.383 e. The molecule has 115 valence electrons. The highest BCUT2D eigenvalue weighted by molar-refractivity contribution is 5.63. The van der Waals surface area contributed by atoms with Crippen molar-refractivity contribution in [1.29, 1.82) is 0 Å². The number of ether oxygens (including phenoxy) is 1. The summed E-state index contributed by atoms with van der Waals surface area (Å²) in [6.45, 7) is 4.27. The summed E-state index contributed by atoms with van der Waals surface area (Å²) in [5.41, 5.74) is 4.00. The monoisotopic (exact) mass is 294 g/mol. The molecule has 1 heterocycles. The molecule has 2 aromatic carbocycles. The van der Waals surface area contributed by atoms with Gasteiger partial charge in [-0.3, -0.25) is 0 Å². The number of likely N-dealkylation sites (tertiary alicyclic amines) is 1. The average molecular weight is 294 g/mol. The minimum atomic E-state index is 0.704. The van der Waals surface area contributed by atoms with E-state index in [4.69, 9.17) is 4.74 Å². The summed E-state index contributed by atoms with van der Waals surface area (Å²) in [4.78, 5) is 2.51. The normalized spacial score (nSPS) is 16.8. The van der Waals surface area contributed by atoms with Crippen LogP contribution < -0.4 is 0 Å². The second kappa shape index (κ2) is 7.57. The lowest BCUT2D eigenvalue weighted by Crippen LogP contribution is -2.35. The second-order valence-corrected chi connectivity index (χ2v) is 6.02. The van der Waals surface area contributed by atoms with Crippen LogP contribution in [-0.2, 0) is 4.74 Å². The van der Waals surface area contributed by atoms with E-state index in [0.717, 1.165) is 13.2 Å². The maximum atomic E-state index is 5.17. The highest BCUT2D eigenvalue weighted by Gasteiger charge is 2.20. The molecule has 1 aliphatic heterocycles. The van der Waals surface area contributed by atoms with Crippen molar-refractivity contribution >= 4 is 0 Å². The Labute approximate surface area is 133 Å². The van der Waals surface area contributed by atoms with Crippen molar-refractivity contribution in [2.75, 3.05) is 33.4 Å². The Kier molecular flexibility index (Phi) is 5.25. The van der Waals surface area contributed by atoms with E-state index < -0.39 is 0 Å². The first-order chi connectivity index (χ1) is 10.9. The Hall–Kier alpha value is -1.64. The molecule has 2 nitrogen and oxygen atoms in total. The van der Waals surface area contributed by atoms with Gasteiger partial charge in [-0.15, -0.1) is 0 Å². The molecule has 0 aliphatic carbocycles. The summed E-state index contributed by atoms with van der Waals surface area (Å²) in [6.07, 6.45) is 2.50. The fraction of sp³-hybridized carbons (Fsp3) is 0.400. The molecule has 2 aromatic rings. The van der Waals surface area contributed by atoms with Crippen LogP contribution in [0.2, 0.25) is 0 Å². The first kappa shape index (κ1) is 15.3. The van der Waals surface area contributed by atoms with Crippen LogP contribution in [0.1, 0.15) is 24.3 Å². The standard InChI is InChI=1S/C20H24NO/c1-22-16-15-21-13-11-20(12-14-21)19-9-7-18(8-10-19)17-5-3-2-4-6-17/h2-3,5-10,20H,11-16H2,1H3. The van der Waals surface area contributed by atoms with Crippen molar-refractivity contribution in [1.82, 2.24) is 4.90 Å². The number of piperidine rings is 1. The molecule has 2 heteroatoms. The van der Waals surface area contributed by atoms with Gasteiger partial charge in [0, 0.05) is 13.7 Å². The largest absolute Gasteiger partial charge is 0.383 e. The predicted molar refractivity (Wildman–Crippen MR) is 91.0 cm³/mol. The first-order valence-electron chi connectivity index (χ1n) is 8.14. The minimum absolute atomic E-state index is 0.704. The molecule has 1 saturated heterocycles. The van der Waals surface area contributed by atoms with Crippen LogP contribution >= 0.6 is 0 Å². The molecule has 3 rings (SSSR count). The van der Waals surface area contributed by atoms with Crippen molar-refractivity contribution in [3.8, 4) is 11.1 Å². The van der Waals surface area contributed by atoms with E-state index in [9.17, 15) is 0 Å². The van der Waals surface area contributed by atoms with E-state index >= 15 is 0 Å². The summed E-state index contributed by atoms with van der Waals surface area (Å²) < 4.78 is 5.17. The predicted octanol–water partition coefficient (Wildman–Crippen LogP) is 3.98. The summed E-state index contributed by atoms with van der Waals surface area (Å²) in [5.74, 6) is 0.704. The van der Waals surface area contributed by atoms with Gasteiger partial charge >= 0.3 is 0 Å². The Morgan fingerprint density at radius 3 is 2.50 bits per heavy atom. The van der Waals surface area contributed by atoms with Gasteiger partial charge in [0.15, 0.2) is 0 Å². The van der Waals surface area contributed by atoms with Crippen LogP contribution in [0.5, 0.6) is 0 Å². The van der Waals surface area contributed by atoms with Crippen molar-refractivity contribution < 1.29 is 4.74 Å². The van der Waals surface area contributed by atoms with Gasteiger partial charge in [-0.1, -0.05) is 42.5 Å². The summed E-state index contributed by atoms with van der Waals surface area (Å²) in [7, 11) is 1.78. The van der Waals surface area contributed by atoms with E-state index in [1.165, 1.54) is 42.6 Å². The molecule has 1 fully saturated rings. The smallest absolute Gasteiger partial charge is 0.0589 e. The number of benzene rings is 2. The third-order valence-corrected chi connectivity index (χ3v) is 4.62. The summed E-state index contributed by atoms with van der Waals surface area (Å²) in [6, 6.07) is 20.4. The topological polar surface area (TPSA) is 12.5 Å². The van der Waals surface area contributed by atoms with Crippen molar-refractivity contribution in [3.05, 3.63) is 60.2 Å². The van der Waals surface area contributed by atoms with Crippen LogP contribution in [0.15, 0.2) is 48.5 Å². The van der Waals surface area contributed by atoms with Gasteiger partial charge in [0.2, 0.25) is 0 Å². The highest BCUT2D eigenvalue weighted by atomic mass is 16.5. The van der Waals surface area contributed by atoms with Crippen LogP contribution in [0.3, 0.4) is 0 Å². The molecule has 0 bridgehead atoms. The van der Waals surface area contributed by atoms with E-state index in [1.54, 1.807) is 7.11 Å². The fourth-order valence-corrected chi connectivity index (χ4v) is 3.23. The van der Waals surface area contributed by atoms with Crippen molar-refractivity contribution in [2.24, 2.45) is 0 Å². The Bertz CT molecular complexity index is 556. The van der Waals surface area contributed by atoms with Gasteiger partial charge in [-0.2, -0.15) is 0 Å².